The van der Waals surface area contributed by atoms with Crippen LogP contribution in [0.1, 0.15) is 38.4 Å². The van der Waals surface area contributed by atoms with Gasteiger partial charge in [-0.1, -0.05) is 13.8 Å². The Morgan fingerprint density at radius 3 is 2.79 bits per heavy atom. The second-order valence-electron chi connectivity index (χ2n) is 4.56. The lowest BCUT2D eigenvalue weighted by Crippen LogP contribution is -2.28. The summed E-state index contributed by atoms with van der Waals surface area (Å²) in [6, 6.07) is 2.56. The van der Waals surface area contributed by atoms with Crippen molar-refractivity contribution in [2.24, 2.45) is 12.5 Å². The molecule has 78 valence electrons. The molecule has 0 aliphatic heterocycles. The molecule has 1 heterocycles. The molecule has 0 spiro atoms. The number of hydrogen-bond donors (Lipinski definition) is 1. The maximum absolute atomic E-state index is 4.49. The molecule has 1 unspecified atom stereocenters. The minimum Gasteiger partial charge on any atom is -0.308 e. The third-order valence-electron chi connectivity index (χ3n) is 3.17. The summed E-state index contributed by atoms with van der Waals surface area (Å²) in [6.45, 7) is 5.51. The van der Waals surface area contributed by atoms with E-state index in [0.29, 0.717) is 11.5 Å². The third kappa shape index (κ3) is 1.69. The van der Waals surface area contributed by atoms with E-state index in [-0.39, 0.29) is 0 Å². The Morgan fingerprint density at radius 2 is 2.36 bits per heavy atom. The highest BCUT2D eigenvalue weighted by molar-refractivity contribution is 5.14. The zero-order valence-corrected chi connectivity index (χ0v) is 9.25. The average Bonchev–Trinajstić information content (AvgIpc) is 2.74. The summed E-state index contributed by atoms with van der Waals surface area (Å²) in [5.74, 6) is 0. The van der Waals surface area contributed by atoms with Crippen molar-refractivity contribution >= 4 is 0 Å². The van der Waals surface area contributed by atoms with Crippen LogP contribution in [-0.2, 0) is 7.05 Å². The molecule has 0 radical (unpaired) electrons. The van der Waals surface area contributed by atoms with E-state index in [1.807, 2.05) is 17.9 Å². The Labute approximate surface area is 85.5 Å². The largest absolute Gasteiger partial charge is 0.308 e. The van der Waals surface area contributed by atoms with Crippen molar-refractivity contribution in [3.05, 3.63) is 18.0 Å². The maximum Gasteiger partial charge on any atom is 0.0799 e. The predicted molar refractivity (Wildman–Crippen MR) is 57.0 cm³/mol. The van der Waals surface area contributed by atoms with Gasteiger partial charge in [-0.2, -0.15) is 5.10 Å². The predicted octanol–water partition coefficient (Wildman–Crippen LogP) is 1.87. The van der Waals surface area contributed by atoms with E-state index in [4.69, 9.17) is 0 Å². The first-order chi connectivity index (χ1) is 6.65. The van der Waals surface area contributed by atoms with Crippen molar-refractivity contribution in [1.29, 1.82) is 0 Å². The van der Waals surface area contributed by atoms with Crippen LogP contribution in [0.2, 0.25) is 0 Å². The fraction of sp³-hybridized carbons (Fsp3) is 0.727. The zero-order valence-electron chi connectivity index (χ0n) is 9.25. The van der Waals surface area contributed by atoms with Crippen LogP contribution < -0.4 is 5.32 Å². The molecule has 3 nitrogen and oxygen atoms in total. The van der Waals surface area contributed by atoms with Crippen molar-refractivity contribution in [2.45, 2.75) is 32.7 Å². The molecule has 1 aromatic heterocycles. The van der Waals surface area contributed by atoms with Gasteiger partial charge in [-0.25, -0.2) is 0 Å². The molecule has 1 N–H and O–H groups in total. The summed E-state index contributed by atoms with van der Waals surface area (Å²) in [6.07, 6.45) is 4.66. The number of nitrogens with one attached hydrogen (secondary N) is 1. The third-order valence-corrected chi connectivity index (χ3v) is 3.17. The van der Waals surface area contributed by atoms with E-state index in [1.165, 1.54) is 18.5 Å². The molecule has 1 aliphatic carbocycles. The maximum atomic E-state index is 4.49. The van der Waals surface area contributed by atoms with Gasteiger partial charge in [-0.15, -0.1) is 0 Å². The summed E-state index contributed by atoms with van der Waals surface area (Å²) < 4.78 is 1.88. The van der Waals surface area contributed by atoms with Crippen molar-refractivity contribution in [2.75, 3.05) is 6.54 Å². The van der Waals surface area contributed by atoms with Gasteiger partial charge in [0.1, 0.15) is 0 Å². The first-order valence-electron chi connectivity index (χ1n) is 5.38. The molecule has 1 aliphatic rings. The second kappa shape index (κ2) is 3.39. The number of aromatic nitrogens is 2. The normalized spacial score (nSPS) is 20.8. The van der Waals surface area contributed by atoms with Crippen LogP contribution >= 0.6 is 0 Å². The summed E-state index contributed by atoms with van der Waals surface area (Å²) in [4.78, 5) is 0. The van der Waals surface area contributed by atoms with Crippen molar-refractivity contribution in [1.82, 2.24) is 15.1 Å². The molecular weight excluding hydrogens is 174 g/mol. The summed E-state index contributed by atoms with van der Waals surface area (Å²) in [7, 11) is 1.97. The fourth-order valence-corrected chi connectivity index (χ4v) is 1.98. The van der Waals surface area contributed by atoms with Gasteiger partial charge >= 0.3 is 0 Å². The van der Waals surface area contributed by atoms with Gasteiger partial charge in [-0.3, -0.25) is 4.68 Å². The van der Waals surface area contributed by atoms with Gasteiger partial charge in [0.2, 0.25) is 0 Å². The van der Waals surface area contributed by atoms with Crippen molar-refractivity contribution in [3.63, 3.8) is 0 Å². The van der Waals surface area contributed by atoms with Gasteiger partial charge in [0.25, 0.3) is 0 Å². The Kier molecular flexibility index (Phi) is 2.35. The summed E-state index contributed by atoms with van der Waals surface area (Å²) >= 11 is 0. The van der Waals surface area contributed by atoms with E-state index >= 15 is 0 Å². The van der Waals surface area contributed by atoms with E-state index in [2.05, 4.69) is 30.3 Å². The minimum atomic E-state index is 0.439. The molecule has 1 saturated carbocycles. The monoisotopic (exact) mass is 193 g/mol. The van der Waals surface area contributed by atoms with Crippen LogP contribution in [0.5, 0.6) is 0 Å². The molecule has 14 heavy (non-hydrogen) atoms. The second-order valence-corrected chi connectivity index (χ2v) is 4.56. The highest BCUT2D eigenvalue weighted by Crippen LogP contribution is 2.53. The summed E-state index contributed by atoms with van der Waals surface area (Å²) in [5.41, 5.74) is 1.64. The van der Waals surface area contributed by atoms with E-state index in [0.717, 1.165) is 6.54 Å². The van der Waals surface area contributed by atoms with Crippen LogP contribution in [0.3, 0.4) is 0 Å². The SMILES string of the molecule is CCNC(c1ccn(C)n1)C1(C)CC1. The number of hydrogen-bond acceptors (Lipinski definition) is 2. The van der Waals surface area contributed by atoms with E-state index < -0.39 is 0 Å². The zero-order chi connectivity index (χ0) is 10.2. The smallest absolute Gasteiger partial charge is 0.0799 e. The number of aryl methyl sites for hydroxylation is 1. The Morgan fingerprint density at radius 1 is 1.64 bits per heavy atom. The lowest BCUT2D eigenvalue weighted by atomic mass is 9.96. The molecule has 1 aromatic rings. The van der Waals surface area contributed by atoms with Gasteiger partial charge in [0.15, 0.2) is 0 Å². The Hall–Kier alpha value is -0.830. The Bertz CT molecular complexity index is 312. The quantitative estimate of drug-likeness (QED) is 0.791. The summed E-state index contributed by atoms with van der Waals surface area (Å²) in [5, 5.41) is 8.03. The van der Waals surface area contributed by atoms with Crippen LogP contribution in [0.15, 0.2) is 12.3 Å². The van der Waals surface area contributed by atoms with Gasteiger partial charge in [-0.05, 0) is 30.9 Å². The van der Waals surface area contributed by atoms with Crippen LogP contribution in [-0.4, -0.2) is 16.3 Å². The Balaban J connectivity index is 2.18. The topological polar surface area (TPSA) is 29.9 Å². The molecule has 1 atom stereocenters. The van der Waals surface area contributed by atoms with Gasteiger partial charge in [0, 0.05) is 13.2 Å². The molecule has 1 fully saturated rings. The number of nitrogens with zero attached hydrogens (tertiary/aromatic N) is 2. The molecule has 0 bridgehead atoms. The first-order valence-corrected chi connectivity index (χ1v) is 5.38. The average molecular weight is 193 g/mol. The standard InChI is InChI=1S/C11H19N3/c1-4-12-10(11(2)6-7-11)9-5-8-14(3)13-9/h5,8,10,12H,4,6-7H2,1-3H3. The highest BCUT2D eigenvalue weighted by Gasteiger charge is 2.45. The molecule has 0 saturated heterocycles. The minimum absolute atomic E-state index is 0.439. The number of rotatable bonds is 4. The van der Waals surface area contributed by atoms with E-state index in [9.17, 15) is 0 Å². The molecular formula is C11H19N3. The lowest BCUT2D eigenvalue weighted by Gasteiger charge is -2.22. The molecule has 2 rings (SSSR count). The van der Waals surface area contributed by atoms with Crippen LogP contribution in [0, 0.1) is 5.41 Å². The van der Waals surface area contributed by atoms with Gasteiger partial charge in [0.05, 0.1) is 11.7 Å². The van der Waals surface area contributed by atoms with Crippen molar-refractivity contribution in [3.8, 4) is 0 Å². The fourth-order valence-electron chi connectivity index (χ4n) is 1.98. The lowest BCUT2D eigenvalue weighted by molar-refractivity contribution is 0.363. The first kappa shape index (κ1) is 9.71. The van der Waals surface area contributed by atoms with Crippen LogP contribution in [0.4, 0.5) is 0 Å². The highest BCUT2D eigenvalue weighted by atomic mass is 15.3. The van der Waals surface area contributed by atoms with Crippen molar-refractivity contribution < 1.29 is 0 Å². The molecule has 0 aromatic carbocycles. The van der Waals surface area contributed by atoms with Crippen LogP contribution in [0.25, 0.3) is 0 Å². The molecule has 3 heteroatoms. The van der Waals surface area contributed by atoms with E-state index in [1.54, 1.807) is 0 Å². The molecule has 0 amide bonds. The van der Waals surface area contributed by atoms with Gasteiger partial charge < -0.3 is 5.32 Å².